The summed E-state index contributed by atoms with van der Waals surface area (Å²) in [6, 6.07) is 0. The Hall–Kier alpha value is -0.600. The standard InChI is InChI=1S/C36H66N2/c1-27(2)12-11-13-30(5)34-19-20-35-33-18-15-28(3)26-31(14-7-9-24-38-25-10-8-23-37)17-16-29(4)32(33)21-22-36(34,35)6/h14,26-27,29-30,32-35,38H,7-13,15-25,37H2,1-6H3/b28-26+,31-14+. The monoisotopic (exact) mass is 527 g/mol. The summed E-state index contributed by atoms with van der Waals surface area (Å²) in [4.78, 5) is 0. The van der Waals surface area contributed by atoms with E-state index in [9.17, 15) is 0 Å². The number of rotatable bonds is 13. The zero-order valence-corrected chi connectivity index (χ0v) is 26.5. The predicted octanol–water partition coefficient (Wildman–Crippen LogP) is 9.70. The molecule has 2 heteroatoms. The van der Waals surface area contributed by atoms with Crippen LogP contribution in [0.4, 0.5) is 0 Å². The first kappa shape index (κ1) is 31.9. The summed E-state index contributed by atoms with van der Waals surface area (Å²) in [6.45, 7) is 18.2. The van der Waals surface area contributed by atoms with Crippen LogP contribution in [0.15, 0.2) is 23.3 Å². The van der Waals surface area contributed by atoms with Gasteiger partial charge in [-0.15, -0.1) is 0 Å². The van der Waals surface area contributed by atoms with Gasteiger partial charge in [0.25, 0.3) is 0 Å². The van der Waals surface area contributed by atoms with Crippen LogP contribution in [0.25, 0.3) is 0 Å². The highest BCUT2D eigenvalue weighted by Gasteiger charge is 2.54. The maximum Gasteiger partial charge on any atom is -0.00460 e. The van der Waals surface area contributed by atoms with Crippen molar-refractivity contribution in [3.05, 3.63) is 23.3 Å². The van der Waals surface area contributed by atoms with Crippen molar-refractivity contribution < 1.29 is 0 Å². The fraction of sp³-hybridized carbons (Fsp3) is 0.889. The van der Waals surface area contributed by atoms with Crippen LogP contribution in [0.2, 0.25) is 0 Å². The van der Waals surface area contributed by atoms with E-state index >= 15 is 0 Å². The van der Waals surface area contributed by atoms with Crippen molar-refractivity contribution in [2.45, 2.75) is 138 Å². The molecule has 7 unspecified atom stereocenters. The first-order valence-electron chi connectivity index (χ1n) is 17.0. The molecule has 3 N–H and O–H groups in total. The lowest BCUT2D eigenvalue weighted by Crippen LogP contribution is -2.44. The lowest BCUT2D eigenvalue weighted by molar-refractivity contribution is -0.0249. The molecular formula is C36H66N2. The van der Waals surface area contributed by atoms with Crippen molar-refractivity contribution in [2.24, 2.45) is 52.6 Å². The topological polar surface area (TPSA) is 38.0 Å². The molecule has 0 aliphatic heterocycles. The Balaban J connectivity index is 1.59. The van der Waals surface area contributed by atoms with Crippen LogP contribution >= 0.6 is 0 Å². The Bertz CT molecular complexity index is 736. The van der Waals surface area contributed by atoms with Gasteiger partial charge in [-0.05, 0) is 150 Å². The summed E-state index contributed by atoms with van der Waals surface area (Å²) >= 11 is 0. The van der Waals surface area contributed by atoms with E-state index in [0.717, 1.165) is 67.5 Å². The van der Waals surface area contributed by atoms with Gasteiger partial charge < -0.3 is 11.1 Å². The smallest absolute Gasteiger partial charge is 0.00460 e. The second-order valence-electron chi connectivity index (χ2n) is 14.7. The number of hydrogen-bond donors (Lipinski definition) is 2. The highest BCUT2D eigenvalue weighted by atomic mass is 14.8. The summed E-state index contributed by atoms with van der Waals surface area (Å²) in [5.41, 5.74) is 9.45. The van der Waals surface area contributed by atoms with E-state index in [2.05, 4.69) is 59.0 Å². The number of nitrogens with one attached hydrogen (secondary N) is 1. The lowest BCUT2D eigenvalue weighted by atomic mass is 9.53. The van der Waals surface area contributed by atoms with Crippen LogP contribution in [-0.4, -0.2) is 19.6 Å². The summed E-state index contributed by atoms with van der Waals surface area (Å²) in [7, 11) is 0. The summed E-state index contributed by atoms with van der Waals surface area (Å²) in [6.07, 6.45) is 25.7. The first-order chi connectivity index (χ1) is 18.3. The molecule has 0 bridgehead atoms. The van der Waals surface area contributed by atoms with E-state index in [1.807, 2.05) is 0 Å². The van der Waals surface area contributed by atoms with Crippen LogP contribution in [0.1, 0.15) is 138 Å². The van der Waals surface area contributed by atoms with Crippen molar-refractivity contribution >= 4 is 0 Å². The van der Waals surface area contributed by atoms with Crippen molar-refractivity contribution in [1.29, 1.82) is 0 Å². The molecular weight excluding hydrogens is 460 g/mol. The number of fused-ring (bicyclic) bond motifs is 3. The third kappa shape index (κ3) is 8.95. The quantitative estimate of drug-likeness (QED) is 0.234. The van der Waals surface area contributed by atoms with Gasteiger partial charge in [0.1, 0.15) is 0 Å². The van der Waals surface area contributed by atoms with Gasteiger partial charge in [0, 0.05) is 0 Å². The van der Waals surface area contributed by atoms with Crippen LogP contribution in [-0.2, 0) is 0 Å². The normalized spacial score (nSPS) is 35.5. The molecule has 2 nitrogen and oxygen atoms in total. The van der Waals surface area contributed by atoms with E-state index in [0.29, 0.717) is 5.41 Å². The van der Waals surface area contributed by atoms with Gasteiger partial charge in [-0.2, -0.15) is 0 Å². The minimum atomic E-state index is 0.600. The third-order valence-corrected chi connectivity index (χ3v) is 11.4. The Kier molecular flexibility index (Phi) is 13.4. The minimum Gasteiger partial charge on any atom is -0.330 e. The molecule has 0 spiro atoms. The van der Waals surface area contributed by atoms with E-state index in [1.165, 1.54) is 89.9 Å². The predicted molar refractivity (Wildman–Crippen MR) is 168 cm³/mol. The van der Waals surface area contributed by atoms with E-state index < -0.39 is 0 Å². The highest BCUT2D eigenvalue weighted by Crippen LogP contribution is 2.63. The lowest BCUT2D eigenvalue weighted by Gasteiger charge is -2.52. The van der Waals surface area contributed by atoms with Crippen LogP contribution < -0.4 is 11.1 Å². The molecule has 38 heavy (non-hydrogen) atoms. The number of hydrogen-bond acceptors (Lipinski definition) is 2. The summed E-state index contributed by atoms with van der Waals surface area (Å²) < 4.78 is 0. The zero-order valence-electron chi connectivity index (χ0n) is 26.5. The van der Waals surface area contributed by atoms with E-state index in [-0.39, 0.29) is 0 Å². The SMILES string of the molecule is C/C1=C\C(=C\CCCNCCCCN)CCC(C)C2CCC3(C)C(C(C)CCCC(C)C)CCC3C2CC1. The molecule has 0 saturated heterocycles. The van der Waals surface area contributed by atoms with Crippen LogP contribution in [0, 0.1) is 46.8 Å². The molecule has 0 heterocycles. The number of allylic oxidation sites excluding steroid dienone is 4. The van der Waals surface area contributed by atoms with Gasteiger partial charge in [-0.1, -0.05) is 77.2 Å². The van der Waals surface area contributed by atoms with Crippen LogP contribution in [0.3, 0.4) is 0 Å². The molecule has 3 aliphatic carbocycles. The molecule has 0 aromatic rings. The van der Waals surface area contributed by atoms with Crippen LogP contribution in [0.5, 0.6) is 0 Å². The largest absolute Gasteiger partial charge is 0.330 e. The molecule has 7 atom stereocenters. The van der Waals surface area contributed by atoms with Crippen molar-refractivity contribution in [1.82, 2.24) is 5.32 Å². The van der Waals surface area contributed by atoms with Crippen molar-refractivity contribution in [2.75, 3.05) is 19.6 Å². The minimum absolute atomic E-state index is 0.600. The molecule has 0 radical (unpaired) electrons. The van der Waals surface area contributed by atoms with Gasteiger partial charge in [-0.25, -0.2) is 0 Å². The molecule has 0 aromatic heterocycles. The average molecular weight is 527 g/mol. The zero-order chi connectivity index (χ0) is 27.5. The number of nitrogens with two attached hydrogens (primary N) is 1. The Labute approximate surface area is 238 Å². The van der Waals surface area contributed by atoms with Gasteiger partial charge >= 0.3 is 0 Å². The fourth-order valence-electron chi connectivity index (χ4n) is 9.12. The summed E-state index contributed by atoms with van der Waals surface area (Å²) in [5, 5.41) is 3.59. The van der Waals surface area contributed by atoms with Crippen molar-refractivity contribution in [3.8, 4) is 0 Å². The Morgan fingerprint density at radius 3 is 2.50 bits per heavy atom. The molecule has 2 saturated carbocycles. The summed E-state index contributed by atoms with van der Waals surface area (Å²) in [5.74, 6) is 6.48. The second-order valence-corrected chi connectivity index (χ2v) is 14.7. The molecule has 2 fully saturated rings. The molecule has 0 amide bonds. The number of unbranched alkanes of at least 4 members (excludes halogenated alkanes) is 2. The van der Waals surface area contributed by atoms with Gasteiger partial charge in [0.05, 0.1) is 0 Å². The highest BCUT2D eigenvalue weighted by molar-refractivity contribution is 5.23. The Morgan fingerprint density at radius 1 is 0.947 bits per heavy atom. The van der Waals surface area contributed by atoms with E-state index in [4.69, 9.17) is 5.73 Å². The maximum atomic E-state index is 5.60. The van der Waals surface area contributed by atoms with Gasteiger partial charge in [0.15, 0.2) is 0 Å². The second kappa shape index (κ2) is 16.0. The molecule has 0 aromatic carbocycles. The molecule has 3 rings (SSSR count). The maximum absolute atomic E-state index is 5.60. The van der Waals surface area contributed by atoms with Gasteiger partial charge in [-0.3, -0.25) is 0 Å². The first-order valence-corrected chi connectivity index (χ1v) is 17.0. The average Bonchev–Trinajstić information content (AvgIpc) is 3.23. The van der Waals surface area contributed by atoms with E-state index in [1.54, 1.807) is 11.1 Å². The molecule has 3 aliphatic rings. The fourth-order valence-corrected chi connectivity index (χ4v) is 9.12. The van der Waals surface area contributed by atoms with Crippen molar-refractivity contribution in [3.63, 3.8) is 0 Å². The Morgan fingerprint density at radius 2 is 1.74 bits per heavy atom. The molecule has 220 valence electrons. The van der Waals surface area contributed by atoms with Gasteiger partial charge in [0.2, 0.25) is 0 Å². The third-order valence-electron chi connectivity index (χ3n) is 11.4.